The van der Waals surface area contributed by atoms with Crippen molar-refractivity contribution in [1.29, 1.82) is 0 Å². The van der Waals surface area contributed by atoms with E-state index in [4.69, 9.17) is 3.87 Å². The van der Waals surface area contributed by atoms with Crippen LogP contribution in [0.4, 0.5) is 0 Å². The Hall–Kier alpha value is -2.07. The zero-order valence-corrected chi connectivity index (χ0v) is 17.6. The first kappa shape index (κ1) is 18.3. The maximum absolute atomic E-state index is 5.74. The Kier molecular flexibility index (Phi) is 5.62. The highest BCUT2D eigenvalue weighted by atomic mass is 32.2. The fourth-order valence-corrected chi connectivity index (χ4v) is 5.17. The van der Waals surface area contributed by atoms with Gasteiger partial charge >= 0.3 is 0 Å². The number of hydrogen-bond acceptors (Lipinski definition) is 2. The van der Waals surface area contributed by atoms with E-state index in [-0.39, 0.29) is 0 Å². The molecule has 0 aromatic heterocycles. The molecule has 0 saturated heterocycles. The van der Waals surface area contributed by atoms with Gasteiger partial charge in [-0.3, -0.25) is 0 Å². The monoisotopic (exact) mass is 387 g/mol. The third kappa shape index (κ3) is 3.96. The molecule has 0 aliphatic rings. The summed E-state index contributed by atoms with van der Waals surface area (Å²) in [6, 6.07) is 28.6. The highest BCUT2D eigenvalue weighted by molar-refractivity contribution is 7.95. The van der Waals surface area contributed by atoms with Gasteiger partial charge < -0.3 is 3.87 Å². The van der Waals surface area contributed by atoms with Crippen molar-refractivity contribution in [1.82, 2.24) is 0 Å². The van der Waals surface area contributed by atoms with Crippen molar-refractivity contribution >= 4 is 42.6 Å². The van der Waals surface area contributed by atoms with E-state index in [2.05, 4.69) is 92.0 Å². The van der Waals surface area contributed by atoms with Gasteiger partial charge in [-0.05, 0) is 69.8 Å². The van der Waals surface area contributed by atoms with Gasteiger partial charge in [-0.1, -0.05) is 78.9 Å². The highest BCUT2D eigenvalue weighted by Crippen LogP contribution is 2.35. The summed E-state index contributed by atoms with van der Waals surface area (Å²) in [6.07, 6.45) is 1.02. The van der Waals surface area contributed by atoms with Gasteiger partial charge in [0.25, 0.3) is 0 Å². The quantitative estimate of drug-likeness (QED) is 0.198. The van der Waals surface area contributed by atoms with Gasteiger partial charge in [0.1, 0.15) is 0 Å². The van der Waals surface area contributed by atoms with Gasteiger partial charge in [-0.15, -0.1) is 0 Å². The summed E-state index contributed by atoms with van der Waals surface area (Å²) in [4.78, 5) is 0. The second-order valence-electron chi connectivity index (χ2n) is 6.91. The lowest BCUT2D eigenvalue weighted by molar-refractivity contribution is 0.679. The fraction of sp³-hybridized carbons (Fsp3) is 0.167. The zero-order valence-electron chi connectivity index (χ0n) is 15.7. The minimum Gasteiger partial charge on any atom is -0.358 e. The van der Waals surface area contributed by atoms with Crippen molar-refractivity contribution in [2.24, 2.45) is 0 Å². The Morgan fingerprint density at radius 2 is 1.37 bits per heavy atom. The Morgan fingerprint density at radius 1 is 0.704 bits per heavy atom. The van der Waals surface area contributed by atoms with Crippen LogP contribution in [0.25, 0.3) is 32.7 Å². The summed E-state index contributed by atoms with van der Waals surface area (Å²) in [6.45, 7) is 4.35. The van der Waals surface area contributed by atoms with Crippen molar-refractivity contribution in [3.05, 3.63) is 84.4 Å². The van der Waals surface area contributed by atoms with Gasteiger partial charge in [0, 0.05) is 5.75 Å². The molecular weight excluding hydrogens is 364 g/mol. The SMILES string of the molecule is C[Si](C)OSCCc1ccc(-c2cccc3ccccc23)c2ccccc12. The molecule has 0 atom stereocenters. The second kappa shape index (κ2) is 8.30. The first-order valence-electron chi connectivity index (χ1n) is 9.32. The topological polar surface area (TPSA) is 9.23 Å². The third-order valence-electron chi connectivity index (χ3n) is 4.77. The zero-order chi connectivity index (χ0) is 18.6. The Labute approximate surface area is 167 Å². The first-order chi connectivity index (χ1) is 13.2. The van der Waals surface area contributed by atoms with Gasteiger partial charge in [0.15, 0.2) is 0 Å². The molecule has 0 fully saturated rings. The van der Waals surface area contributed by atoms with E-state index < -0.39 is 9.04 Å². The van der Waals surface area contributed by atoms with Crippen molar-refractivity contribution < 1.29 is 3.87 Å². The summed E-state index contributed by atoms with van der Waals surface area (Å²) in [7, 11) is -0.630. The molecule has 3 heteroatoms. The molecule has 0 aliphatic carbocycles. The molecule has 0 heterocycles. The van der Waals surface area contributed by atoms with E-state index in [0.29, 0.717) is 0 Å². The van der Waals surface area contributed by atoms with Crippen LogP contribution in [0.1, 0.15) is 5.56 Å². The smallest absolute Gasteiger partial charge is 0.225 e. The number of benzene rings is 4. The van der Waals surface area contributed by atoms with Gasteiger partial charge in [0.2, 0.25) is 9.04 Å². The third-order valence-corrected chi connectivity index (χ3v) is 6.95. The van der Waals surface area contributed by atoms with Crippen molar-refractivity contribution in [3.63, 3.8) is 0 Å². The predicted octanol–water partition coefficient (Wildman–Crippen LogP) is 7.12. The molecule has 0 saturated carbocycles. The van der Waals surface area contributed by atoms with Gasteiger partial charge in [0.05, 0.1) is 0 Å². The number of hydrogen-bond donors (Lipinski definition) is 0. The Morgan fingerprint density at radius 3 is 2.19 bits per heavy atom. The maximum Gasteiger partial charge on any atom is 0.225 e. The van der Waals surface area contributed by atoms with Crippen molar-refractivity contribution in [2.45, 2.75) is 19.5 Å². The summed E-state index contributed by atoms with van der Waals surface area (Å²) < 4.78 is 5.74. The highest BCUT2D eigenvalue weighted by Gasteiger charge is 2.10. The molecule has 0 spiro atoms. The van der Waals surface area contributed by atoms with Crippen LogP contribution in [0.3, 0.4) is 0 Å². The van der Waals surface area contributed by atoms with Crippen LogP contribution in [0.2, 0.25) is 13.1 Å². The standard InChI is InChI=1S/C24H23OSSi/c1-27(2)25-26-17-16-19-14-15-24(22-12-6-5-11-21(19)22)23-13-7-9-18-8-3-4-10-20(18)23/h3-15H,16-17H2,1-2H3. The molecule has 0 N–H and O–H groups in total. The van der Waals surface area contributed by atoms with E-state index >= 15 is 0 Å². The van der Waals surface area contributed by atoms with Crippen LogP contribution < -0.4 is 0 Å². The van der Waals surface area contributed by atoms with Gasteiger partial charge in [-0.2, -0.15) is 0 Å². The van der Waals surface area contributed by atoms with E-state index in [9.17, 15) is 0 Å². The van der Waals surface area contributed by atoms with Crippen LogP contribution >= 0.6 is 12.0 Å². The van der Waals surface area contributed by atoms with Crippen LogP contribution in [0, 0.1) is 0 Å². The summed E-state index contributed by atoms with van der Waals surface area (Å²) >= 11 is 1.61. The molecular formula is C24H23OSSi. The minimum atomic E-state index is -0.630. The molecule has 0 amide bonds. The van der Waals surface area contributed by atoms with Crippen LogP contribution in [-0.2, 0) is 10.3 Å². The average molecular weight is 388 g/mol. The van der Waals surface area contributed by atoms with E-state index in [1.165, 1.54) is 38.2 Å². The lowest BCUT2D eigenvalue weighted by Crippen LogP contribution is -2.02. The lowest BCUT2D eigenvalue weighted by atomic mass is 9.91. The van der Waals surface area contributed by atoms with E-state index in [0.717, 1.165) is 12.2 Å². The van der Waals surface area contributed by atoms with Crippen molar-refractivity contribution in [3.8, 4) is 11.1 Å². The Bertz CT molecular complexity index is 1070. The van der Waals surface area contributed by atoms with Crippen LogP contribution in [-0.4, -0.2) is 14.8 Å². The summed E-state index contributed by atoms with van der Waals surface area (Å²) in [5, 5.41) is 5.27. The number of rotatable bonds is 6. The van der Waals surface area contributed by atoms with Crippen LogP contribution in [0.5, 0.6) is 0 Å². The molecule has 0 unspecified atom stereocenters. The summed E-state index contributed by atoms with van der Waals surface area (Å²) in [5.74, 6) is 0.994. The lowest BCUT2D eigenvalue weighted by Gasteiger charge is -2.14. The molecule has 135 valence electrons. The molecule has 0 bridgehead atoms. The van der Waals surface area contributed by atoms with Crippen molar-refractivity contribution in [2.75, 3.05) is 5.75 Å². The molecule has 4 aromatic rings. The average Bonchev–Trinajstić information content (AvgIpc) is 2.70. The van der Waals surface area contributed by atoms with E-state index in [1.54, 1.807) is 12.0 Å². The first-order valence-corrected chi connectivity index (χ1v) is 12.6. The Balaban J connectivity index is 1.76. The van der Waals surface area contributed by atoms with E-state index in [1.807, 2.05) is 0 Å². The largest absolute Gasteiger partial charge is 0.358 e. The molecule has 1 radical (unpaired) electrons. The minimum absolute atomic E-state index is 0.630. The molecule has 4 rings (SSSR count). The fourth-order valence-electron chi connectivity index (χ4n) is 3.59. The summed E-state index contributed by atoms with van der Waals surface area (Å²) in [5.41, 5.74) is 4.01. The second-order valence-corrected chi connectivity index (χ2v) is 10.0. The number of aryl methyl sites for hydroxylation is 1. The maximum atomic E-state index is 5.74. The van der Waals surface area contributed by atoms with Gasteiger partial charge in [-0.25, -0.2) is 0 Å². The van der Waals surface area contributed by atoms with Crippen LogP contribution in [0.15, 0.2) is 78.9 Å². The predicted molar refractivity (Wildman–Crippen MR) is 122 cm³/mol. The molecule has 0 aliphatic heterocycles. The normalized spacial score (nSPS) is 11.5. The molecule has 1 nitrogen and oxygen atoms in total. The molecule has 27 heavy (non-hydrogen) atoms. The molecule has 4 aromatic carbocycles. The number of fused-ring (bicyclic) bond motifs is 2.